The van der Waals surface area contributed by atoms with Gasteiger partial charge in [0.1, 0.15) is 5.75 Å². The van der Waals surface area contributed by atoms with Gasteiger partial charge in [0.15, 0.2) is 0 Å². The van der Waals surface area contributed by atoms with Gasteiger partial charge in [-0.3, -0.25) is 9.13 Å². The molecule has 0 aliphatic heterocycles. The highest BCUT2D eigenvalue weighted by Gasteiger charge is 2.19. The number of imidazole rings is 1. The van der Waals surface area contributed by atoms with Crippen molar-refractivity contribution in [2.24, 2.45) is 0 Å². The Morgan fingerprint density at radius 1 is 0.875 bits per heavy atom. The smallest absolute Gasteiger partial charge is 0.331 e. The minimum atomic E-state index is -0.142. The first-order chi connectivity index (χ1) is 15.6. The summed E-state index contributed by atoms with van der Waals surface area (Å²) in [4.78, 5) is 13.1. The Bertz CT molecular complexity index is 1250. The molecule has 0 bridgehead atoms. The van der Waals surface area contributed by atoms with Crippen molar-refractivity contribution in [2.75, 3.05) is 7.11 Å². The predicted molar refractivity (Wildman–Crippen MR) is 129 cm³/mol. The summed E-state index contributed by atoms with van der Waals surface area (Å²) < 4.78 is 8.46. The van der Waals surface area contributed by atoms with E-state index in [0.717, 1.165) is 47.0 Å². The Morgan fingerprint density at radius 3 is 2.31 bits per heavy atom. The van der Waals surface area contributed by atoms with E-state index in [1.807, 2.05) is 37.3 Å². The second-order valence-electron chi connectivity index (χ2n) is 8.17. The van der Waals surface area contributed by atoms with Gasteiger partial charge < -0.3 is 9.84 Å². The van der Waals surface area contributed by atoms with E-state index in [4.69, 9.17) is 4.74 Å². The molecule has 4 rings (SSSR count). The quantitative estimate of drug-likeness (QED) is 0.399. The zero-order chi connectivity index (χ0) is 22.5. The van der Waals surface area contributed by atoms with Crippen molar-refractivity contribution in [1.29, 1.82) is 0 Å². The fourth-order valence-corrected chi connectivity index (χ4v) is 4.24. The highest BCUT2D eigenvalue weighted by Crippen LogP contribution is 2.22. The molecular formula is C27H30N2O3. The Kier molecular flexibility index (Phi) is 6.64. The summed E-state index contributed by atoms with van der Waals surface area (Å²) in [5.41, 5.74) is 2.80. The van der Waals surface area contributed by atoms with Crippen molar-refractivity contribution in [1.82, 2.24) is 9.13 Å². The van der Waals surface area contributed by atoms with Gasteiger partial charge in [-0.15, -0.1) is 0 Å². The molecule has 0 spiro atoms. The number of nitrogens with zero attached hydrogens (tertiary/aromatic N) is 2. The molecule has 5 heteroatoms. The van der Waals surface area contributed by atoms with E-state index in [9.17, 15) is 9.90 Å². The monoisotopic (exact) mass is 430 g/mol. The second kappa shape index (κ2) is 9.77. The van der Waals surface area contributed by atoms with Crippen LogP contribution >= 0.6 is 0 Å². The SMILES string of the molecule is CCCn1c(CCCc2ccc(OC)cc2)c(O)n(Cc2ccc3ccccc3c2)c1=O. The highest BCUT2D eigenvalue weighted by atomic mass is 16.5. The number of fused-ring (bicyclic) bond motifs is 1. The van der Waals surface area contributed by atoms with Gasteiger partial charge in [0.2, 0.25) is 5.88 Å². The number of methoxy groups -OCH3 is 1. The summed E-state index contributed by atoms with van der Waals surface area (Å²) in [5.74, 6) is 0.931. The second-order valence-corrected chi connectivity index (χ2v) is 8.17. The number of aromatic nitrogens is 2. The highest BCUT2D eigenvalue weighted by molar-refractivity contribution is 5.82. The third kappa shape index (κ3) is 4.57. The molecule has 0 fully saturated rings. The molecule has 4 aromatic rings. The Morgan fingerprint density at radius 2 is 1.59 bits per heavy atom. The summed E-state index contributed by atoms with van der Waals surface area (Å²) in [7, 11) is 1.66. The van der Waals surface area contributed by atoms with E-state index < -0.39 is 0 Å². The third-order valence-electron chi connectivity index (χ3n) is 5.94. The molecular weight excluding hydrogens is 400 g/mol. The first-order valence-corrected chi connectivity index (χ1v) is 11.2. The molecule has 1 heterocycles. The zero-order valence-corrected chi connectivity index (χ0v) is 18.8. The van der Waals surface area contributed by atoms with E-state index in [1.165, 1.54) is 10.1 Å². The van der Waals surface area contributed by atoms with E-state index in [0.29, 0.717) is 19.5 Å². The number of hydrogen-bond acceptors (Lipinski definition) is 3. The number of hydrogen-bond donors (Lipinski definition) is 1. The summed E-state index contributed by atoms with van der Waals surface area (Å²) in [5, 5.41) is 13.3. The lowest BCUT2D eigenvalue weighted by Crippen LogP contribution is -2.25. The van der Waals surface area contributed by atoms with Gasteiger partial charge in [0.25, 0.3) is 0 Å². The van der Waals surface area contributed by atoms with Crippen molar-refractivity contribution < 1.29 is 9.84 Å². The maximum atomic E-state index is 13.1. The normalized spacial score (nSPS) is 11.2. The summed E-state index contributed by atoms with van der Waals surface area (Å²) in [6.07, 6.45) is 3.21. The Labute approximate surface area is 188 Å². The lowest BCUT2D eigenvalue weighted by atomic mass is 10.1. The average Bonchev–Trinajstić information content (AvgIpc) is 3.04. The first-order valence-electron chi connectivity index (χ1n) is 11.2. The van der Waals surface area contributed by atoms with Gasteiger partial charge in [-0.1, -0.05) is 55.5 Å². The van der Waals surface area contributed by atoms with Gasteiger partial charge >= 0.3 is 5.69 Å². The third-order valence-corrected chi connectivity index (χ3v) is 5.94. The summed E-state index contributed by atoms with van der Waals surface area (Å²) >= 11 is 0. The van der Waals surface area contributed by atoms with Crippen molar-refractivity contribution in [3.8, 4) is 11.6 Å². The number of benzene rings is 3. The van der Waals surface area contributed by atoms with Crippen LogP contribution in [0.2, 0.25) is 0 Å². The number of ether oxygens (including phenoxy) is 1. The molecule has 0 atom stereocenters. The lowest BCUT2D eigenvalue weighted by molar-refractivity contribution is 0.414. The van der Waals surface area contributed by atoms with Crippen molar-refractivity contribution in [3.63, 3.8) is 0 Å². The van der Waals surface area contributed by atoms with Crippen LogP contribution in [0.15, 0.2) is 71.5 Å². The molecule has 1 N–H and O–H groups in total. The molecule has 32 heavy (non-hydrogen) atoms. The number of aryl methyl sites for hydroxylation is 1. The largest absolute Gasteiger partial charge is 0.497 e. The zero-order valence-electron chi connectivity index (χ0n) is 18.8. The van der Waals surface area contributed by atoms with Crippen molar-refractivity contribution in [3.05, 3.63) is 94.0 Å². The molecule has 5 nitrogen and oxygen atoms in total. The minimum absolute atomic E-state index is 0.0892. The predicted octanol–water partition coefficient (Wildman–Crippen LogP) is 5.15. The molecule has 1 aromatic heterocycles. The van der Waals surface area contributed by atoms with Crippen LogP contribution in [-0.2, 0) is 25.9 Å². The molecule has 0 unspecified atom stereocenters. The fraction of sp³-hybridized carbons (Fsp3) is 0.296. The van der Waals surface area contributed by atoms with Crippen LogP contribution in [-0.4, -0.2) is 21.4 Å². The summed E-state index contributed by atoms with van der Waals surface area (Å²) in [6.45, 7) is 3.01. The van der Waals surface area contributed by atoms with E-state index in [1.54, 1.807) is 11.7 Å². The van der Waals surface area contributed by atoms with Crippen LogP contribution in [0.25, 0.3) is 10.8 Å². The maximum absolute atomic E-state index is 13.1. The van der Waals surface area contributed by atoms with Gasteiger partial charge in [-0.2, -0.15) is 0 Å². The molecule has 166 valence electrons. The Balaban J connectivity index is 1.55. The standard InChI is InChI=1S/C27H30N2O3/c1-3-17-28-25(10-6-7-20-12-15-24(32-2)16-13-20)26(30)29(27(28)31)19-21-11-14-22-8-4-5-9-23(22)18-21/h4-5,8-9,11-16,18,30H,3,6-7,10,17,19H2,1-2H3. The van der Waals surface area contributed by atoms with Crippen LogP contribution in [0.1, 0.15) is 36.6 Å². The molecule has 0 amide bonds. The van der Waals surface area contributed by atoms with Crippen LogP contribution in [0.3, 0.4) is 0 Å². The van der Waals surface area contributed by atoms with Gasteiger partial charge in [0, 0.05) is 6.54 Å². The van der Waals surface area contributed by atoms with Gasteiger partial charge in [0.05, 0.1) is 19.3 Å². The summed E-state index contributed by atoms with van der Waals surface area (Å²) in [6, 6.07) is 22.4. The first kappa shape index (κ1) is 21.8. The average molecular weight is 431 g/mol. The molecule has 0 saturated heterocycles. The van der Waals surface area contributed by atoms with Gasteiger partial charge in [-0.05, 0) is 65.8 Å². The molecule has 0 aliphatic rings. The number of aromatic hydroxyl groups is 1. The number of rotatable bonds is 9. The minimum Gasteiger partial charge on any atom is -0.497 e. The van der Waals surface area contributed by atoms with E-state index in [2.05, 4.69) is 36.4 Å². The molecule has 0 radical (unpaired) electrons. The maximum Gasteiger partial charge on any atom is 0.331 e. The van der Waals surface area contributed by atoms with Crippen LogP contribution < -0.4 is 10.4 Å². The topological polar surface area (TPSA) is 56.4 Å². The van der Waals surface area contributed by atoms with Crippen LogP contribution in [0.5, 0.6) is 11.6 Å². The van der Waals surface area contributed by atoms with Crippen LogP contribution in [0, 0.1) is 0 Å². The fourth-order valence-electron chi connectivity index (χ4n) is 4.24. The molecule has 3 aromatic carbocycles. The Hall–Kier alpha value is -3.47. The van der Waals surface area contributed by atoms with Crippen molar-refractivity contribution in [2.45, 2.75) is 45.7 Å². The van der Waals surface area contributed by atoms with Crippen LogP contribution in [0.4, 0.5) is 0 Å². The van der Waals surface area contributed by atoms with E-state index >= 15 is 0 Å². The molecule has 0 aliphatic carbocycles. The van der Waals surface area contributed by atoms with Crippen molar-refractivity contribution >= 4 is 10.8 Å². The lowest BCUT2D eigenvalue weighted by Gasteiger charge is -2.07. The molecule has 0 saturated carbocycles. The van der Waals surface area contributed by atoms with E-state index in [-0.39, 0.29) is 11.6 Å². The van der Waals surface area contributed by atoms with Gasteiger partial charge in [-0.25, -0.2) is 4.79 Å².